The summed E-state index contributed by atoms with van der Waals surface area (Å²) in [6.45, 7) is 11.9. The second-order valence-corrected chi connectivity index (χ2v) is 8.08. The Morgan fingerprint density at radius 1 is 1.11 bits per heavy atom. The average Bonchev–Trinajstić information content (AvgIpc) is 2.64. The van der Waals surface area contributed by atoms with Gasteiger partial charge in [0.15, 0.2) is 0 Å². The molecule has 1 aliphatic rings. The van der Waals surface area contributed by atoms with E-state index in [4.69, 9.17) is 0 Å². The first-order chi connectivity index (χ1) is 13.4. The van der Waals surface area contributed by atoms with Crippen LogP contribution in [0.5, 0.6) is 0 Å². The summed E-state index contributed by atoms with van der Waals surface area (Å²) in [5.41, 5.74) is 7.12. The molecule has 2 aromatic carbocycles. The summed E-state index contributed by atoms with van der Waals surface area (Å²) in [6, 6.07) is 13.1. The molecule has 0 aliphatic carbocycles. The van der Waals surface area contributed by atoms with Crippen molar-refractivity contribution in [1.29, 1.82) is 0 Å². The first-order valence-corrected chi connectivity index (χ1v) is 9.96. The Kier molecular flexibility index (Phi) is 4.94. The predicted molar refractivity (Wildman–Crippen MR) is 115 cm³/mol. The van der Waals surface area contributed by atoms with Gasteiger partial charge in [0.25, 0.3) is 5.56 Å². The minimum atomic E-state index is -0.0791. The molecule has 146 valence electrons. The highest BCUT2D eigenvalue weighted by Crippen LogP contribution is 2.22. The lowest BCUT2D eigenvalue weighted by Crippen LogP contribution is -2.52. The molecular formula is C23H28N4O. The Bertz CT molecular complexity index is 1070. The van der Waals surface area contributed by atoms with Crippen molar-refractivity contribution in [2.45, 2.75) is 40.3 Å². The largest absolute Gasteiger partial charge is 0.366 e. The molecule has 5 heteroatoms. The zero-order chi connectivity index (χ0) is 19.8. The smallest absolute Gasteiger partial charge is 0.271 e. The second kappa shape index (κ2) is 7.40. The van der Waals surface area contributed by atoms with Gasteiger partial charge in [-0.1, -0.05) is 12.1 Å². The van der Waals surface area contributed by atoms with E-state index in [0.29, 0.717) is 18.3 Å². The highest BCUT2D eigenvalue weighted by molar-refractivity contribution is 5.76. The van der Waals surface area contributed by atoms with Crippen molar-refractivity contribution < 1.29 is 0 Å². The number of aryl methyl sites for hydroxylation is 3. The van der Waals surface area contributed by atoms with Gasteiger partial charge in [-0.05, 0) is 68.7 Å². The molecule has 1 fully saturated rings. The number of fused-ring (bicyclic) bond motifs is 1. The van der Waals surface area contributed by atoms with Crippen LogP contribution in [-0.4, -0.2) is 40.5 Å². The lowest BCUT2D eigenvalue weighted by atomic mass is 10.1. The third kappa shape index (κ3) is 3.67. The van der Waals surface area contributed by atoms with E-state index in [1.54, 1.807) is 0 Å². The van der Waals surface area contributed by atoms with Crippen molar-refractivity contribution in [1.82, 2.24) is 14.9 Å². The lowest BCUT2D eigenvalue weighted by Gasteiger charge is -2.41. The van der Waals surface area contributed by atoms with E-state index in [9.17, 15) is 4.79 Å². The van der Waals surface area contributed by atoms with Gasteiger partial charge in [0, 0.05) is 37.9 Å². The number of piperazine rings is 1. The maximum atomic E-state index is 12.6. The number of anilines is 1. The Morgan fingerprint density at radius 3 is 2.64 bits per heavy atom. The van der Waals surface area contributed by atoms with Gasteiger partial charge in [0.05, 0.1) is 11.0 Å². The minimum absolute atomic E-state index is 0.0791. The maximum absolute atomic E-state index is 12.6. The lowest BCUT2D eigenvalue weighted by molar-refractivity contribution is 0.218. The van der Waals surface area contributed by atoms with Crippen LogP contribution in [-0.2, 0) is 6.54 Å². The van der Waals surface area contributed by atoms with Gasteiger partial charge in [-0.3, -0.25) is 9.69 Å². The van der Waals surface area contributed by atoms with Crippen LogP contribution < -0.4 is 10.5 Å². The normalized spacial score (nSPS) is 18.0. The van der Waals surface area contributed by atoms with Crippen molar-refractivity contribution in [3.05, 3.63) is 69.1 Å². The number of rotatable bonds is 3. The molecule has 3 aromatic rings. The topological polar surface area (TPSA) is 52.2 Å². The van der Waals surface area contributed by atoms with E-state index in [2.05, 4.69) is 77.8 Å². The number of nitrogens with one attached hydrogen (secondary N) is 1. The number of H-pyrrole nitrogens is 1. The summed E-state index contributed by atoms with van der Waals surface area (Å²) in [5.74, 6) is 0. The molecule has 1 aromatic heterocycles. The highest BCUT2D eigenvalue weighted by atomic mass is 16.1. The van der Waals surface area contributed by atoms with Gasteiger partial charge in [-0.2, -0.15) is 0 Å². The fourth-order valence-electron chi connectivity index (χ4n) is 4.07. The quantitative estimate of drug-likeness (QED) is 0.759. The summed E-state index contributed by atoms with van der Waals surface area (Å²) >= 11 is 0. The Labute approximate surface area is 166 Å². The number of aromatic nitrogens is 2. The molecule has 1 saturated heterocycles. The first-order valence-electron chi connectivity index (χ1n) is 9.96. The van der Waals surface area contributed by atoms with Gasteiger partial charge in [-0.25, -0.2) is 4.98 Å². The zero-order valence-electron chi connectivity index (χ0n) is 17.1. The van der Waals surface area contributed by atoms with E-state index < -0.39 is 0 Å². The summed E-state index contributed by atoms with van der Waals surface area (Å²) in [7, 11) is 0. The van der Waals surface area contributed by atoms with E-state index in [0.717, 1.165) is 30.7 Å². The minimum Gasteiger partial charge on any atom is -0.366 e. The van der Waals surface area contributed by atoms with Crippen LogP contribution in [0, 0.1) is 20.8 Å². The van der Waals surface area contributed by atoms with Crippen LogP contribution in [0.25, 0.3) is 11.0 Å². The van der Waals surface area contributed by atoms with Gasteiger partial charge in [0.2, 0.25) is 0 Å². The average molecular weight is 377 g/mol. The van der Waals surface area contributed by atoms with Gasteiger partial charge < -0.3 is 9.88 Å². The molecule has 0 amide bonds. The third-order valence-electron chi connectivity index (χ3n) is 5.80. The van der Waals surface area contributed by atoms with Crippen molar-refractivity contribution in [3.8, 4) is 0 Å². The molecule has 4 rings (SSSR count). The molecule has 0 saturated carbocycles. The summed E-state index contributed by atoms with van der Waals surface area (Å²) in [5, 5.41) is 0. The van der Waals surface area contributed by atoms with Crippen molar-refractivity contribution >= 4 is 16.7 Å². The molecule has 0 radical (unpaired) electrons. The van der Waals surface area contributed by atoms with E-state index in [1.807, 2.05) is 6.07 Å². The first kappa shape index (κ1) is 18.7. The van der Waals surface area contributed by atoms with E-state index in [1.165, 1.54) is 22.4 Å². The number of benzene rings is 2. The van der Waals surface area contributed by atoms with Crippen LogP contribution in [0.2, 0.25) is 0 Å². The Balaban J connectivity index is 1.52. The molecular weight excluding hydrogens is 348 g/mol. The van der Waals surface area contributed by atoms with Gasteiger partial charge in [-0.15, -0.1) is 0 Å². The van der Waals surface area contributed by atoms with E-state index in [-0.39, 0.29) is 5.56 Å². The Hall–Kier alpha value is -2.66. The van der Waals surface area contributed by atoms with Crippen molar-refractivity contribution in [2.75, 3.05) is 24.5 Å². The molecule has 2 heterocycles. The number of aromatic amines is 1. The third-order valence-corrected chi connectivity index (χ3v) is 5.80. The molecule has 5 nitrogen and oxygen atoms in total. The predicted octanol–water partition coefficient (Wildman–Crippen LogP) is 3.56. The molecule has 0 bridgehead atoms. The molecule has 1 unspecified atom stereocenters. The standard InChI is InChI=1S/C23H28N4O/c1-15-6-5-7-19(10-15)27-9-8-26(13-18(27)4)14-22-23(28)25-21-12-17(3)16(2)11-20(21)24-22/h5-7,10-12,18H,8-9,13-14H2,1-4H3,(H,25,28). The summed E-state index contributed by atoms with van der Waals surface area (Å²) in [6.07, 6.45) is 0. The number of hydrogen-bond donors (Lipinski definition) is 1. The molecule has 0 spiro atoms. The molecule has 1 N–H and O–H groups in total. The van der Waals surface area contributed by atoms with Crippen molar-refractivity contribution in [3.63, 3.8) is 0 Å². The summed E-state index contributed by atoms with van der Waals surface area (Å²) in [4.78, 5) is 25.0. The fraction of sp³-hybridized carbons (Fsp3) is 0.391. The second-order valence-electron chi connectivity index (χ2n) is 8.08. The van der Waals surface area contributed by atoms with Crippen LogP contribution in [0.3, 0.4) is 0 Å². The molecule has 1 atom stereocenters. The Morgan fingerprint density at radius 2 is 1.89 bits per heavy atom. The maximum Gasteiger partial charge on any atom is 0.271 e. The van der Waals surface area contributed by atoms with Crippen molar-refractivity contribution in [2.24, 2.45) is 0 Å². The van der Waals surface area contributed by atoms with Crippen LogP contribution >= 0.6 is 0 Å². The zero-order valence-corrected chi connectivity index (χ0v) is 17.1. The molecule has 1 aliphatic heterocycles. The molecule has 28 heavy (non-hydrogen) atoms. The van der Waals surface area contributed by atoms with Crippen LogP contribution in [0.4, 0.5) is 5.69 Å². The van der Waals surface area contributed by atoms with Crippen LogP contribution in [0.15, 0.2) is 41.2 Å². The summed E-state index contributed by atoms with van der Waals surface area (Å²) < 4.78 is 0. The number of hydrogen-bond acceptors (Lipinski definition) is 4. The van der Waals surface area contributed by atoms with Crippen LogP contribution in [0.1, 0.15) is 29.3 Å². The fourth-order valence-corrected chi connectivity index (χ4v) is 4.07. The van der Waals surface area contributed by atoms with Gasteiger partial charge in [0.1, 0.15) is 5.69 Å². The van der Waals surface area contributed by atoms with Gasteiger partial charge >= 0.3 is 0 Å². The highest BCUT2D eigenvalue weighted by Gasteiger charge is 2.25. The monoisotopic (exact) mass is 376 g/mol. The SMILES string of the molecule is Cc1cccc(N2CCN(Cc3nc4cc(C)c(C)cc4[nH]c3=O)CC2C)c1. The number of nitrogens with zero attached hydrogens (tertiary/aromatic N) is 3. The van der Waals surface area contributed by atoms with E-state index >= 15 is 0 Å².